The van der Waals surface area contributed by atoms with Crippen LogP contribution in [0.15, 0.2) is 9.59 Å². The third kappa shape index (κ3) is 2.67. The summed E-state index contributed by atoms with van der Waals surface area (Å²) in [6, 6.07) is 0. The topological polar surface area (TPSA) is 143 Å². The van der Waals surface area contributed by atoms with Crippen molar-refractivity contribution in [2.45, 2.75) is 38.2 Å². The Labute approximate surface area is 134 Å². The number of aliphatic hydroxyl groups is 2. The van der Waals surface area contributed by atoms with E-state index in [4.69, 9.17) is 10.5 Å². The van der Waals surface area contributed by atoms with E-state index in [1.165, 1.54) is 4.57 Å². The number of anilines is 1. The molecule has 9 nitrogen and oxygen atoms in total. The van der Waals surface area contributed by atoms with Gasteiger partial charge in [0.2, 0.25) is 5.95 Å². The number of thiazole rings is 1. The van der Waals surface area contributed by atoms with E-state index < -0.39 is 34.3 Å². The molecule has 0 radical (unpaired) electrons. The van der Waals surface area contributed by atoms with E-state index in [-0.39, 0.29) is 22.9 Å². The first kappa shape index (κ1) is 16.1. The Balaban J connectivity index is 2.20. The van der Waals surface area contributed by atoms with Crippen molar-refractivity contribution >= 4 is 27.6 Å². The minimum absolute atomic E-state index is 0.106. The number of nitrogens with zero attached hydrogens (tertiary/aromatic N) is 2. The van der Waals surface area contributed by atoms with Gasteiger partial charge < -0.3 is 20.7 Å². The maximum absolute atomic E-state index is 12.4. The smallest absolute Gasteiger partial charge is 0.311 e. The van der Waals surface area contributed by atoms with Crippen molar-refractivity contribution in [3.63, 3.8) is 0 Å². The molecule has 2 aromatic rings. The van der Waals surface area contributed by atoms with E-state index in [9.17, 15) is 19.8 Å². The number of nitrogen functional groups attached to an aromatic ring is 1. The Morgan fingerprint density at radius 3 is 2.83 bits per heavy atom. The van der Waals surface area contributed by atoms with E-state index in [1.807, 2.05) is 0 Å². The Bertz CT molecular complexity index is 849. The minimum atomic E-state index is -1.14. The molecule has 1 unspecified atom stereocenters. The molecule has 5 N–H and O–H groups in total. The Morgan fingerprint density at radius 1 is 1.52 bits per heavy atom. The van der Waals surface area contributed by atoms with Gasteiger partial charge in [0.05, 0.1) is 18.3 Å². The summed E-state index contributed by atoms with van der Waals surface area (Å²) in [5, 5.41) is 19.7. The van der Waals surface area contributed by atoms with Gasteiger partial charge >= 0.3 is 4.87 Å². The number of nitrogens with one attached hydrogen (secondary N) is 1. The largest absolute Gasteiger partial charge is 0.394 e. The summed E-state index contributed by atoms with van der Waals surface area (Å²) in [5.41, 5.74) is 4.05. The maximum Gasteiger partial charge on any atom is 0.311 e. The van der Waals surface area contributed by atoms with Crippen LogP contribution in [0.2, 0.25) is 0 Å². The van der Waals surface area contributed by atoms with Crippen molar-refractivity contribution in [1.82, 2.24) is 14.5 Å². The standard InChI is InChI=1S/C13H18N4O5S/c1-13(2,21)6-3-5(4-18)22-10(6)17-8-7(23-12(17)20)9(19)16-11(14)15-8/h5-6,10,18,21H,3-4H2,1-2H3,(H3,14,15,16,19)/t5?,6-,10-/m1/s1. The van der Waals surface area contributed by atoms with Crippen molar-refractivity contribution in [1.29, 1.82) is 0 Å². The highest BCUT2D eigenvalue weighted by Gasteiger charge is 2.45. The zero-order valence-corrected chi connectivity index (χ0v) is 13.5. The normalized spacial score (nSPS) is 25.3. The van der Waals surface area contributed by atoms with Crippen molar-refractivity contribution in [3.05, 3.63) is 20.0 Å². The van der Waals surface area contributed by atoms with Crippen LogP contribution < -0.4 is 16.2 Å². The first-order valence-electron chi connectivity index (χ1n) is 7.12. The molecule has 0 saturated carbocycles. The second-order valence-electron chi connectivity index (χ2n) is 6.17. The number of aromatic amines is 1. The fraction of sp³-hybridized carbons (Fsp3) is 0.615. The molecule has 3 heterocycles. The number of aromatic nitrogens is 3. The first-order valence-corrected chi connectivity index (χ1v) is 7.93. The van der Waals surface area contributed by atoms with Gasteiger partial charge in [-0.2, -0.15) is 4.98 Å². The molecule has 2 aromatic heterocycles. The summed E-state index contributed by atoms with van der Waals surface area (Å²) in [5.74, 6) is -0.553. The lowest BCUT2D eigenvalue weighted by molar-refractivity contribution is -0.0723. The molecule has 3 atom stereocenters. The quantitative estimate of drug-likeness (QED) is 0.583. The van der Waals surface area contributed by atoms with Crippen LogP contribution in [0.1, 0.15) is 26.5 Å². The van der Waals surface area contributed by atoms with Crippen LogP contribution in [0.25, 0.3) is 10.3 Å². The number of H-pyrrole nitrogens is 1. The van der Waals surface area contributed by atoms with Gasteiger partial charge in [-0.3, -0.25) is 19.1 Å². The molecule has 10 heteroatoms. The average molecular weight is 342 g/mol. The molecule has 1 aliphatic heterocycles. The van der Waals surface area contributed by atoms with Crippen LogP contribution in [-0.4, -0.2) is 43.1 Å². The molecule has 3 rings (SSSR count). The van der Waals surface area contributed by atoms with E-state index in [2.05, 4.69) is 9.97 Å². The molecule has 126 valence electrons. The van der Waals surface area contributed by atoms with E-state index in [0.717, 1.165) is 11.3 Å². The first-order chi connectivity index (χ1) is 10.7. The third-order valence-electron chi connectivity index (χ3n) is 4.05. The molecule has 0 aromatic carbocycles. The third-order valence-corrected chi connectivity index (χ3v) is 4.99. The van der Waals surface area contributed by atoms with Crippen LogP contribution in [0.4, 0.5) is 5.95 Å². The molecule has 1 fully saturated rings. The highest BCUT2D eigenvalue weighted by molar-refractivity contribution is 7.16. The lowest BCUT2D eigenvalue weighted by Crippen LogP contribution is -2.37. The van der Waals surface area contributed by atoms with E-state index >= 15 is 0 Å². The van der Waals surface area contributed by atoms with Crippen molar-refractivity contribution in [2.24, 2.45) is 5.92 Å². The van der Waals surface area contributed by atoms with Crippen LogP contribution in [0.5, 0.6) is 0 Å². The summed E-state index contributed by atoms with van der Waals surface area (Å²) < 4.78 is 7.12. The molecule has 1 saturated heterocycles. The van der Waals surface area contributed by atoms with Gasteiger partial charge in [0.15, 0.2) is 5.65 Å². The van der Waals surface area contributed by atoms with Gasteiger partial charge in [-0.1, -0.05) is 11.3 Å². The van der Waals surface area contributed by atoms with Gasteiger partial charge in [-0.05, 0) is 20.3 Å². The lowest BCUT2D eigenvalue weighted by atomic mass is 9.87. The zero-order chi connectivity index (χ0) is 16.9. The van der Waals surface area contributed by atoms with Crippen molar-refractivity contribution in [3.8, 4) is 0 Å². The van der Waals surface area contributed by atoms with Gasteiger partial charge in [-0.15, -0.1) is 0 Å². The van der Waals surface area contributed by atoms with Crippen LogP contribution in [0.3, 0.4) is 0 Å². The summed E-state index contributed by atoms with van der Waals surface area (Å²) in [7, 11) is 0. The number of fused-ring (bicyclic) bond motifs is 1. The molecule has 23 heavy (non-hydrogen) atoms. The molecule has 0 aliphatic carbocycles. The minimum Gasteiger partial charge on any atom is -0.394 e. The Hall–Kier alpha value is -1.75. The Kier molecular flexibility index (Phi) is 3.79. The molecule has 0 amide bonds. The van der Waals surface area contributed by atoms with E-state index in [0.29, 0.717) is 6.42 Å². The average Bonchev–Trinajstić information content (AvgIpc) is 2.99. The number of ether oxygens (including phenoxy) is 1. The summed E-state index contributed by atoms with van der Waals surface area (Å²) in [6.45, 7) is 3.00. The predicted octanol–water partition coefficient (Wildman–Crippen LogP) is -0.605. The monoisotopic (exact) mass is 342 g/mol. The van der Waals surface area contributed by atoms with Gasteiger partial charge in [0.1, 0.15) is 10.9 Å². The SMILES string of the molecule is CC(C)(O)[C@@H]1CC(CO)O[C@H]1n1c(=O)sc2c(=O)[nH]c(N)nc21. The van der Waals surface area contributed by atoms with Gasteiger partial charge in [0, 0.05) is 5.92 Å². The number of nitrogens with two attached hydrogens (primary N) is 1. The molecule has 0 spiro atoms. The summed E-state index contributed by atoms with van der Waals surface area (Å²) in [4.78, 5) is 30.3. The van der Waals surface area contributed by atoms with Crippen molar-refractivity contribution in [2.75, 3.05) is 12.3 Å². The number of hydrogen-bond donors (Lipinski definition) is 4. The second-order valence-corrected chi connectivity index (χ2v) is 7.13. The highest BCUT2D eigenvalue weighted by Crippen LogP contribution is 2.41. The number of hydrogen-bond acceptors (Lipinski definition) is 8. The predicted molar refractivity (Wildman–Crippen MR) is 84.3 cm³/mol. The maximum atomic E-state index is 12.4. The molecule has 0 bridgehead atoms. The van der Waals surface area contributed by atoms with Gasteiger partial charge in [-0.25, -0.2) is 0 Å². The fourth-order valence-electron chi connectivity index (χ4n) is 2.91. The highest BCUT2D eigenvalue weighted by atomic mass is 32.1. The van der Waals surface area contributed by atoms with Gasteiger partial charge in [0.25, 0.3) is 5.56 Å². The van der Waals surface area contributed by atoms with Crippen LogP contribution in [-0.2, 0) is 4.74 Å². The van der Waals surface area contributed by atoms with Crippen LogP contribution >= 0.6 is 11.3 Å². The second kappa shape index (κ2) is 5.41. The molecule has 1 aliphatic rings. The molecular formula is C13H18N4O5S. The molecular weight excluding hydrogens is 324 g/mol. The van der Waals surface area contributed by atoms with E-state index in [1.54, 1.807) is 13.8 Å². The lowest BCUT2D eigenvalue weighted by Gasteiger charge is -2.29. The number of rotatable bonds is 3. The fourth-order valence-corrected chi connectivity index (χ4v) is 3.76. The summed E-state index contributed by atoms with van der Waals surface area (Å²) >= 11 is 0.744. The van der Waals surface area contributed by atoms with Crippen LogP contribution in [0, 0.1) is 5.92 Å². The summed E-state index contributed by atoms with van der Waals surface area (Å²) in [6.07, 6.45) is -0.952. The number of aliphatic hydroxyl groups excluding tert-OH is 1. The Morgan fingerprint density at radius 2 is 2.22 bits per heavy atom. The zero-order valence-electron chi connectivity index (χ0n) is 12.6. The van der Waals surface area contributed by atoms with Crippen molar-refractivity contribution < 1.29 is 14.9 Å².